The van der Waals surface area contributed by atoms with E-state index in [2.05, 4.69) is 11.9 Å². The molecular formula is C14H22N2O. The van der Waals surface area contributed by atoms with Crippen LogP contribution < -0.4 is 0 Å². The highest BCUT2D eigenvalue weighted by Crippen LogP contribution is 2.31. The standard InChI is InChI=1S/C14H22N2O/c1-12-2-4-13(5-3-12)6-7-14(17)10-16-9-8-15-11-16/h8-9,11-13H,2-7,10H2,1H3. The Morgan fingerprint density at radius 1 is 1.35 bits per heavy atom. The number of Topliss-reactive ketones (excluding diaryl/α,β-unsaturated/α-hetero) is 1. The predicted molar refractivity (Wildman–Crippen MR) is 67.6 cm³/mol. The molecule has 2 rings (SSSR count). The second-order valence-electron chi connectivity index (χ2n) is 5.44. The van der Waals surface area contributed by atoms with E-state index < -0.39 is 0 Å². The number of hydrogen-bond donors (Lipinski definition) is 0. The van der Waals surface area contributed by atoms with Gasteiger partial charge in [-0.2, -0.15) is 0 Å². The van der Waals surface area contributed by atoms with Crippen molar-refractivity contribution < 1.29 is 4.79 Å². The summed E-state index contributed by atoms with van der Waals surface area (Å²) < 4.78 is 1.85. The minimum atomic E-state index is 0.335. The molecule has 1 aromatic heterocycles. The molecule has 0 radical (unpaired) electrons. The molecule has 0 saturated heterocycles. The van der Waals surface area contributed by atoms with E-state index in [-0.39, 0.29) is 0 Å². The molecule has 1 aliphatic rings. The van der Waals surface area contributed by atoms with Crippen LogP contribution >= 0.6 is 0 Å². The molecule has 1 aliphatic carbocycles. The summed E-state index contributed by atoms with van der Waals surface area (Å²) in [5.41, 5.74) is 0. The Kier molecular flexibility index (Phi) is 4.35. The van der Waals surface area contributed by atoms with Crippen molar-refractivity contribution in [2.45, 2.75) is 52.0 Å². The first-order chi connectivity index (χ1) is 8.24. The van der Waals surface area contributed by atoms with Crippen molar-refractivity contribution in [3.63, 3.8) is 0 Å². The zero-order valence-corrected chi connectivity index (χ0v) is 10.6. The lowest BCUT2D eigenvalue weighted by Gasteiger charge is -2.25. The van der Waals surface area contributed by atoms with Gasteiger partial charge in [-0.3, -0.25) is 4.79 Å². The molecule has 0 unspecified atom stereocenters. The van der Waals surface area contributed by atoms with Crippen molar-refractivity contribution in [3.8, 4) is 0 Å². The van der Waals surface area contributed by atoms with Crippen LogP contribution in [0.4, 0.5) is 0 Å². The lowest BCUT2D eigenvalue weighted by molar-refractivity contribution is -0.120. The Morgan fingerprint density at radius 2 is 2.12 bits per heavy atom. The van der Waals surface area contributed by atoms with Gasteiger partial charge in [0.2, 0.25) is 0 Å². The van der Waals surface area contributed by atoms with E-state index in [0.29, 0.717) is 12.3 Å². The summed E-state index contributed by atoms with van der Waals surface area (Å²) >= 11 is 0. The van der Waals surface area contributed by atoms with Crippen LogP contribution in [0, 0.1) is 11.8 Å². The molecule has 0 aromatic carbocycles. The summed E-state index contributed by atoms with van der Waals surface area (Å²) in [6.45, 7) is 2.82. The van der Waals surface area contributed by atoms with Crippen LogP contribution in [0.2, 0.25) is 0 Å². The van der Waals surface area contributed by atoms with Crippen molar-refractivity contribution >= 4 is 5.78 Å². The maximum Gasteiger partial charge on any atom is 0.152 e. The van der Waals surface area contributed by atoms with Gasteiger partial charge in [-0.15, -0.1) is 0 Å². The summed E-state index contributed by atoms with van der Waals surface area (Å²) in [4.78, 5) is 15.7. The summed E-state index contributed by atoms with van der Waals surface area (Å²) in [6, 6.07) is 0. The molecule has 0 spiro atoms. The van der Waals surface area contributed by atoms with Gasteiger partial charge < -0.3 is 4.57 Å². The third-order valence-electron chi connectivity index (χ3n) is 3.88. The van der Waals surface area contributed by atoms with Crippen LogP contribution in [0.5, 0.6) is 0 Å². The maximum atomic E-state index is 11.8. The normalized spacial score (nSPS) is 24.8. The van der Waals surface area contributed by atoms with Gasteiger partial charge in [-0.05, 0) is 18.3 Å². The molecule has 1 fully saturated rings. The Hall–Kier alpha value is -1.12. The first-order valence-corrected chi connectivity index (χ1v) is 6.71. The Labute approximate surface area is 103 Å². The molecule has 1 saturated carbocycles. The number of rotatable bonds is 5. The highest BCUT2D eigenvalue weighted by molar-refractivity contribution is 5.78. The second-order valence-corrected chi connectivity index (χ2v) is 5.44. The van der Waals surface area contributed by atoms with Crippen molar-refractivity contribution in [1.29, 1.82) is 0 Å². The van der Waals surface area contributed by atoms with Gasteiger partial charge in [0.05, 0.1) is 12.9 Å². The summed E-state index contributed by atoms with van der Waals surface area (Å²) in [6.07, 6.45) is 12.4. The lowest BCUT2D eigenvalue weighted by Crippen LogP contribution is -2.15. The predicted octanol–water partition coefficient (Wildman–Crippen LogP) is 3.06. The number of carbonyl (C=O) groups excluding carboxylic acids is 1. The van der Waals surface area contributed by atoms with E-state index in [4.69, 9.17) is 0 Å². The largest absolute Gasteiger partial charge is 0.330 e. The summed E-state index contributed by atoms with van der Waals surface area (Å²) in [5.74, 6) is 2.02. The molecule has 17 heavy (non-hydrogen) atoms. The van der Waals surface area contributed by atoms with E-state index in [0.717, 1.165) is 24.7 Å². The van der Waals surface area contributed by atoms with Crippen molar-refractivity contribution in [1.82, 2.24) is 9.55 Å². The lowest BCUT2D eigenvalue weighted by atomic mass is 9.80. The van der Waals surface area contributed by atoms with Crippen molar-refractivity contribution in [3.05, 3.63) is 18.7 Å². The fourth-order valence-corrected chi connectivity index (χ4v) is 2.65. The molecule has 0 amide bonds. The molecule has 0 N–H and O–H groups in total. The average Bonchev–Trinajstić information content (AvgIpc) is 2.81. The van der Waals surface area contributed by atoms with Crippen LogP contribution in [0.15, 0.2) is 18.7 Å². The molecule has 0 atom stereocenters. The monoisotopic (exact) mass is 234 g/mol. The molecule has 3 nitrogen and oxygen atoms in total. The molecule has 1 heterocycles. The minimum absolute atomic E-state index is 0.335. The Balaban J connectivity index is 1.66. The molecule has 94 valence electrons. The maximum absolute atomic E-state index is 11.8. The van der Waals surface area contributed by atoms with Crippen LogP contribution in [0.1, 0.15) is 45.4 Å². The SMILES string of the molecule is CC1CCC(CCC(=O)Cn2ccnc2)CC1. The number of hydrogen-bond acceptors (Lipinski definition) is 2. The van der Waals surface area contributed by atoms with E-state index in [1.165, 1.54) is 25.7 Å². The van der Waals surface area contributed by atoms with E-state index in [1.54, 1.807) is 12.5 Å². The highest BCUT2D eigenvalue weighted by atomic mass is 16.1. The topological polar surface area (TPSA) is 34.9 Å². The number of nitrogens with zero attached hydrogens (tertiary/aromatic N) is 2. The molecule has 1 aromatic rings. The number of aromatic nitrogens is 2. The molecule has 0 aliphatic heterocycles. The van der Waals surface area contributed by atoms with Gasteiger partial charge in [0.1, 0.15) is 0 Å². The van der Waals surface area contributed by atoms with Crippen LogP contribution in [-0.4, -0.2) is 15.3 Å². The second kappa shape index (κ2) is 5.99. The van der Waals surface area contributed by atoms with Crippen LogP contribution in [0.3, 0.4) is 0 Å². The number of imidazole rings is 1. The minimum Gasteiger partial charge on any atom is -0.330 e. The third kappa shape index (κ3) is 3.99. The van der Waals surface area contributed by atoms with Gasteiger partial charge in [-0.1, -0.05) is 32.6 Å². The zero-order valence-electron chi connectivity index (χ0n) is 10.6. The third-order valence-corrected chi connectivity index (χ3v) is 3.88. The van der Waals surface area contributed by atoms with Crippen LogP contribution in [0.25, 0.3) is 0 Å². The van der Waals surface area contributed by atoms with E-state index in [1.807, 2.05) is 10.8 Å². The summed E-state index contributed by atoms with van der Waals surface area (Å²) in [7, 11) is 0. The number of carbonyl (C=O) groups is 1. The average molecular weight is 234 g/mol. The molecule has 0 bridgehead atoms. The molecular weight excluding hydrogens is 212 g/mol. The fourth-order valence-electron chi connectivity index (χ4n) is 2.65. The molecule has 3 heteroatoms. The van der Waals surface area contributed by atoms with E-state index in [9.17, 15) is 4.79 Å². The first kappa shape index (κ1) is 12.3. The van der Waals surface area contributed by atoms with Gasteiger partial charge in [-0.25, -0.2) is 4.98 Å². The Bertz CT molecular complexity index is 337. The first-order valence-electron chi connectivity index (χ1n) is 6.71. The highest BCUT2D eigenvalue weighted by Gasteiger charge is 2.18. The van der Waals surface area contributed by atoms with Crippen molar-refractivity contribution in [2.24, 2.45) is 11.8 Å². The van der Waals surface area contributed by atoms with Gasteiger partial charge in [0, 0.05) is 18.8 Å². The smallest absolute Gasteiger partial charge is 0.152 e. The van der Waals surface area contributed by atoms with Crippen LogP contribution in [-0.2, 0) is 11.3 Å². The quantitative estimate of drug-likeness (QED) is 0.784. The van der Waals surface area contributed by atoms with Gasteiger partial charge >= 0.3 is 0 Å². The van der Waals surface area contributed by atoms with Crippen molar-refractivity contribution in [2.75, 3.05) is 0 Å². The Morgan fingerprint density at radius 3 is 2.76 bits per heavy atom. The number of ketones is 1. The summed E-state index contributed by atoms with van der Waals surface area (Å²) in [5, 5.41) is 0. The fraction of sp³-hybridized carbons (Fsp3) is 0.714. The van der Waals surface area contributed by atoms with Gasteiger partial charge in [0.15, 0.2) is 5.78 Å². The van der Waals surface area contributed by atoms with E-state index >= 15 is 0 Å². The van der Waals surface area contributed by atoms with Gasteiger partial charge in [0.25, 0.3) is 0 Å². The zero-order chi connectivity index (χ0) is 12.1.